The number of carbonyl (C=O) groups excluding carboxylic acids is 2. The Hall–Kier alpha value is -2.89. The van der Waals surface area contributed by atoms with Crippen molar-refractivity contribution in [1.29, 1.82) is 0 Å². The molecule has 1 aliphatic heterocycles. The van der Waals surface area contributed by atoms with Crippen LogP contribution in [0.25, 0.3) is 10.8 Å². The number of hydrogen-bond acceptors (Lipinski definition) is 3. The van der Waals surface area contributed by atoms with Gasteiger partial charge in [-0.1, -0.05) is 49.2 Å². The lowest BCUT2D eigenvalue weighted by molar-refractivity contribution is -0.138. The van der Waals surface area contributed by atoms with E-state index in [1.165, 1.54) is 0 Å². The molecule has 1 heterocycles. The third kappa shape index (κ3) is 4.26. The molecule has 6 nitrogen and oxygen atoms in total. The van der Waals surface area contributed by atoms with E-state index >= 15 is 0 Å². The van der Waals surface area contributed by atoms with Crippen LogP contribution in [-0.2, 0) is 14.4 Å². The summed E-state index contributed by atoms with van der Waals surface area (Å²) in [5.41, 5.74) is 0.761. The molecule has 1 saturated carbocycles. The number of hydrogen-bond donors (Lipinski definition) is 2. The van der Waals surface area contributed by atoms with E-state index in [9.17, 15) is 19.5 Å². The molecule has 2 aliphatic rings. The highest BCUT2D eigenvalue weighted by molar-refractivity contribution is 5.90. The van der Waals surface area contributed by atoms with E-state index in [1.54, 1.807) is 0 Å². The minimum atomic E-state index is -0.974. The van der Waals surface area contributed by atoms with Gasteiger partial charge in [0.2, 0.25) is 11.8 Å². The zero-order valence-corrected chi connectivity index (χ0v) is 16.3. The molecule has 2 atom stereocenters. The van der Waals surface area contributed by atoms with Crippen LogP contribution in [0, 0.1) is 5.92 Å². The molecule has 2 amide bonds. The van der Waals surface area contributed by atoms with Gasteiger partial charge in [0.25, 0.3) is 0 Å². The molecule has 0 radical (unpaired) electrons. The van der Waals surface area contributed by atoms with Crippen LogP contribution in [0.5, 0.6) is 0 Å². The van der Waals surface area contributed by atoms with Crippen molar-refractivity contribution in [2.75, 3.05) is 6.54 Å². The average Bonchev–Trinajstić information content (AvgIpc) is 3.36. The molecule has 4 rings (SSSR count). The van der Waals surface area contributed by atoms with E-state index in [1.807, 2.05) is 47.4 Å². The summed E-state index contributed by atoms with van der Waals surface area (Å²) in [5.74, 6) is -1.59. The second-order valence-corrected chi connectivity index (χ2v) is 8.15. The molecule has 152 valence electrons. The van der Waals surface area contributed by atoms with Gasteiger partial charge in [0, 0.05) is 19.0 Å². The fraction of sp³-hybridized carbons (Fsp3) is 0.435. The molecular weight excluding hydrogens is 368 g/mol. The molecule has 2 aromatic carbocycles. The van der Waals surface area contributed by atoms with Crippen molar-refractivity contribution in [1.82, 2.24) is 10.2 Å². The van der Waals surface area contributed by atoms with Gasteiger partial charge in [0.05, 0.1) is 18.4 Å². The van der Waals surface area contributed by atoms with Crippen molar-refractivity contribution >= 4 is 28.6 Å². The molecule has 1 unspecified atom stereocenters. The minimum absolute atomic E-state index is 0.0394. The number of likely N-dealkylation sites (tertiary alicyclic amines) is 1. The van der Waals surface area contributed by atoms with Crippen LogP contribution in [0.2, 0.25) is 0 Å². The summed E-state index contributed by atoms with van der Waals surface area (Å²) in [6, 6.07) is 13.2. The number of nitrogens with zero attached hydrogens (tertiary/aromatic N) is 1. The van der Waals surface area contributed by atoms with Crippen molar-refractivity contribution in [3.8, 4) is 0 Å². The Morgan fingerprint density at radius 3 is 2.55 bits per heavy atom. The van der Waals surface area contributed by atoms with Gasteiger partial charge in [-0.15, -0.1) is 0 Å². The number of carboxylic acids is 1. The van der Waals surface area contributed by atoms with E-state index in [2.05, 4.69) is 5.32 Å². The summed E-state index contributed by atoms with van der Waals surface area (Å²) in [7, 11) is 0. The first-order valence-corrected chi connectivity index (χ1v) is 10.3. The van der Waals surface area contributed by atoms with Crippen LogP contribution in [0.4, 0.5) is 0 Å². The third-order valence-electron chi connectivity index (χ3n) is 6.17. The number of nitrogens with one attached hydrogen (secondary N) is 1. The van der Waals surface area contributed by atoms with Crippen LogP contribution in [0.3, 0.4) is 0 Å². The topological polar surface area (TPSA) is 86.7 Å². The quantitative estimate of drug-likeness (QED) is 0.787. The highest BCUT2D eigenvalue weighted by Gasteiger charge is 2.39. The second kappa shape index (κ2) is 8.23. The van der Waals surface area contributed by atoms with E-state index in [4.69, 9.17) is 0 Å². The number of aliphatic carboxylic acids is 1. The van der Waals surface area contributed by atoms with Gasteiger partial charge in [-0.2, -0.15) is 0 Å². The van der Waals surface area contributed by atoms with E-state index < -0.39 is 17.9 Å². The molecular formula is C23H26N2O4. The van der Waals surface area contributed by atoms with Gasteiger partial charge >= 0.3 is 5.97 Å². The minimum Gasteiger partial charge on any atom is -0.481 e. The van der Waals surface area contributed by atoms with Crippen LogP contribution in [-0.4, -0.2) is 40.4 Å². The van der Waals surface area contributed by atoms with Crippen molar-refractivity contribution in [2.45, 2.75) is 50.6 Å². The van der Waals surface area contributed by atoms with Crippen LogP contribution in [0.1, 0.15) is 50.1 Å². The Morgan fingerprint density at radius 2 is 1.83 bits per heavy atom. The smallest absolute Gasteiger partial charge is 0.305 e. The zero-order valence-electron chi connectivity index (χ0n) is 16.3. The number of carbonyl (C=O) groups is 3. The Balaban J connectivity index is 1.49. The lowest BCUT2D eigenvalue weighted by atomic mass is 9.98. The molecule has 29 heavy (non-hydrogen) atoms. The first-order chi connectivity index (χ1) is 14.0. The molecule has 2 fully saturated rings. The van der Waals surface area contributed by atoms with Gasteiger partial charge < -0.3 is 15.3 Å². The van der Waals surface area contributed by atoms with Gasteiger partial charge in [0.15, 0.2) is 0 Å². The number of benzene rings is 2. The maximum Gasteiger partial charge on any atom is 0.305 e. The van der Waals surface area contributed by atoms with Gasteiger partial charge in [-0.05, 0) is 35.2 Å². The molecule has 1 aliphatic carbocycles. The molecule has 2 N–H and O–H groups in total. The maximum absolute atomic E-state index is 12.9. The highest BCUT2D eigenvalue weighted by Crippen LogP contribution is 2.30. The standard InChI is InChI=1S/C23H26N2O4/c26-21-12-18(14-25(21)19-7-3-4-8-19)23(29)24-20(13-22(27)28)17-10-9-15-5-1-2-6-16(15)11-17/h1-2,5-6,9-11,18-20H,3-4,7-8,12-14H2,(H,24,29)(H,27,28)/t18?,20-/m0/s1. The molecule has 2 aromatic rings. The van der Waals surface area contributed by atoms with Gasteiger partial charge in [0.1, 0.15) is 0 Å². The summed E-state index contributed by atoms with van der Waals surface area (Å²) in [4.78, 5) is 38.6. The summed E-state index contributed by atoms with van der Waals surface area (Å²) in [5, 5.41) is 14.3. The summed E-state index contributed by atoms with van der Waals surface area (Å²) < 4.78 is 0. The predicted octanol–water partition coefficient (Wildman–Crippen LogP) is 3.26. The number of carboxylic acid groups (broad SMARTS) is 1. The van der Waals surface area contributed by atoms with Crippen molar-refractivity contribution in [3.63, 3.8) is 0 Å². The average molecular weight is 394 g/mol. The van der Waals surface area contributed by atoms with E-state index in [0.717, 1.165) is 42.0 Å². The monoisotopic (exact) mass is 394 g/mol. The fourth-order valence-electron chi connectivity index (χ4n) is 4.62. The zero-order chi connectivity index (χ0) is 20.4. The van der Waals surface area contributed by atoms with Crippen molar-refractivity contribution in [2.24, 2.45) is 5.92 Å². The molecule has 6 heteroatoms. The SMILES string of the molecule is O=C(O)C[C@H](NC(=O)C1CC(=O)N(C2CCCC2)C1)c1ccc2ccccc2c1. The molecule has 0 aromatic heterocycles. The van der Waals surface area contributed by atoms with Gasteiger partial charge in [-0.25, -0.2) is 0 Å². The third-order valence-corrected chi connectivity index (χ3v) is 6.17. The molecule has 0 spiro atoms. The van der Waals surface area contributed by atoms with Crippen LogP contribution in [0.15, 0.2) is 42.5 Å². The predicted molar refractivity (Wildman–Crippen MR) is 109 cm³/mol. The highest BCUT2D eigenvalue weighted by atomic mass is 16.4. The molecule has 0 bridgehead atoms. The Kier molecular flexibility index (Phi) is 5.51. The largest absolute Gasteiger partial charge is 0.481 e. The van der Waals surface area contributed by atoms with Crippen LogP contribution >= 0.6 is 0 Å². The summed E-state index contributed by atoms with van der Waals surface area (Å²) in [6.07, 6.45) is 4.30. The normalized spacial score (nSPS) is 20.9. The Morgan fingerprint density at radius 1 is 1.10 bits per heavy atom. The fourth-order valence-corrected chi connectivity index (χ4v) is 4.62. The van der Waals surface area contributed by atoms with Crippen molar-refractivity contribution in [3.05, 3.63) is 48.0 Å². The lowest BCUT2D eigenvalue weighted by Gasteiger charge is -2.24. The summed E-state index contributed by atoms with van der Waals surface area (Å²) >= 11 is 0. The number of rotatable bonds is 6. The Labute approximate surface area is 169 Å². The number of fused-ring (bicyclic) bond motifs is 1. The Bertz CT molecular complexity index is 935. The summed E-state index contributed by atoms with van der Waals surface area (Å²) in [6.45, 7) is 0.437. The maximum atomic E-state index is 12.9. The second-order valence-electron chi connectivity index (χ2n) is 8.15. The van der Waals surface area contributed by atoms with Crippen LogP contribution < -0.4 is 5.32 Å². The number of amides is 2. The first kappa shape index (κ1) is 19.4. The lowest BCUT2D eigenvalue weighted by Crippen LogP contribution is -2.38. The van der Waals surface area contributed by atoms with Crippen molar-refractivity contribution < 1.29 is 19.5 Å². The van der Waals surface area contributed by atoms with E-state index in [0.29, 0.717) is 6.54 Å². The van der Waals surface area contributed by atoms with Gasteiger partial charge in [-0.3, -0.25) is 14.4 Å². The first-order valence-electron chi connectivity index (χ1n) is 10.3. The van der Waals surface area contributed by atoms with E-state index in [-0.39, 0.29) is 30.7 Å². The molecule has 1 saturated heterocycles.